The largest absolute Gasteiger partial charge is 0.492 e. The third kappa shape index (κ3) is 2.60. The lowest BCUT2D eigenvalue weighted by atomic mass is 10.1. The van der Waals surface area contributed by atoms with Crippen LogP contribution in [0.5, 0.6) is 5.75 Å². The molecule has 0 radical (unpaired) electrons. The van der Waals surface area contributed by atoms with Gasteiger partial charge in [-0.05, 0) is 37.6 Å². The topological polar surface area (TPSA) is 55.6 Å². The van der Waals surface area contributed by atoms with E-state index in [0.29, 0.717) is 36.9 Å². The molecular formula is C13H17ClN2O2. The molecule has 1 saturated heterocycles. The number of hydrogen-bond donors (Lipinski definition) is 1. The van der Waals surface area contributed by atoms with Crippen LogP contribution in [0.25, 0.3) is 0 Å². The monoisotopic (exact) mass is 268 g/mol. The normalized spacial score (nSPS) is 19.4. The maximum Gasteiger partial charge on any atom is 0.227 e. The van der Waals surface area contributed by atoms with Crippen molar-refractivity contribution >= 4 is 23.2 Å². The summed E-state index contributed by atoms with van der Waals surface area (Å²) in [5.74, 6) is 0.979. The molecule has 18 heavy (non-hydrogen) atoms. The van der Waals surface area contributed by atoms with Crippen molar-refractivity contribution in [1.29, 1.82) is 0 Å². The summed E-state index contributed by atoms with van der Waals surface area (Å²) in [6, 6.07) is 5.32. The fourth-order valence-electron chi connectivity index (χ4n) is 2.15. The molecule has 2 N–H and O–H groups in total. The minimum Gasteiger partial charge on any atom is -0.492 e. The minimum atomic E-state index is 0.0775. The van der Waals surface area contributed by atoms with Gasteiger partial charge in [-0.15, -0.1) is 0 Å². The fourth-order valence-corrected chi connectivity index (χ4v) is 2.32. The van der Waals surface area contributed by atoms with Gasteiger partial charge < -0.3 is 15.4 Å². The third-order valence-corrected chi connectivity index (χ3v) is 3.29. The molecule has 0 aliphatic carbocycles. The first-order valence-corrected chi connectivity index (χ1v) is 6.46. The predicted octanol–water partition coefficient (Wildman–Crippen LogP) is 2.05. The SMILES string of the molecule is CCOc1ccc(Cl)cc1N1CC(CN)CC1=O. The van der Waals surface area contributed by atoms with E-state index in [4.69, 9.17) is 22.1 Å². The Kier molecular flexibility index (Phi) is 4.09. The average Bonchev–Trinajstić information content (AvgIpc) is 2.73. The van der Waals surface area contributed by atoms with E-state index in [1.807, 2.05) is 6.92 Å². The molecule has 0 bridgehead atoms. The average molecular weight is 269 g/mol. The zero-order chi connectivity index (χ0) is 13.1. The molecule has 1 aliphatic heterocycles. The van der Waals surface area contributed by atoms with Crippen LogP contribution in [0, 0.1) is 5.92 Å². The second kappa shape index (κ2) is 5.59. The van der Waals surface area contributed by atoms with Crippen molar-refractivity contribution in [2.45, 2.75) is 13.3 Å². The van der Waals surface area contributed by atoms with E-state index < -0.39 is 0 Å². The van der Waals surface area contributed by atoms with E-state index in [2.05, 4.69) is 0 Å². The maximum atomic E-state index is 12.0. The van der Waals surface area contributed by atoms with Crippen molar-refractivity contribution in [3.05, 3.63) is 23.2 Å². The first-order valence-electron chi connectivity index (χ1n) is 6.08. The molecule has 5 heteroatoms. The van der Waals surface area contributed by atoms with E-state index in [-0.39, 0.29) is 11.8 Å². The van der Waals surface area contributed by atoms with Gasteiger partial charge in [-0.1, -0.05) is 11.6 Å². The molecule has 1 unspecified atom stereocenters. The maximum absolute atomic E-state index is 12.0. The Hall–Kier alpha value is -1.26. The Balaban J connectivity index is 2.31. The zero-order valence-electron chi connectivity index (χ0n) is 10.4. The van der Waals surface area contributed by atoms with Gasteiger partial charge >= 0.3 is 0 Å². The van der Waals surface area contributed by atoms with Crippen molar-refractivity contribution in [2.75, 3.05) is 24.6 Å². The van der Waals surface area contributed by atoms with Crippen molar-refractivity contribution in [2.24, 2.45) is 11.7 Å². The molecule has 1 atom stereocenters. The predicted molar refractivity (Wildman–Crippen MR) is 72.1 cm³/mol. The zero-order valence-corrected chi connectivity index (χ0v) is 11.1. The van der Waals surface area contributed by atoms with Gasteiger partial charge in [0, 0.05) is 18.0 Å². The summed E-state index contributed by atoms with van der Waals surface area (Å²) in [6.07, 6.45) is 0.495. The lowest BCUT2D eigenvalue weighted by molar-refractivity contribution is -0.117. The molecule has 1 aromatic rings. The standard InChI is InChI=1S/C13H17ClN2O2/c1-2-18-12-4-3-10(14)6-11(12)16-8-9(7-15)5-13(16)17/h3-4,6,9H,2,5,7-8,15H2,1H3. The molecule has 4 nitrogen and oxygen atoms in total. The third-order valence-electron chi connectivity index (χ3n) is 3.05. The van der Waals surface area contributed by atoms with E-state index in [0.717, 1.165) is 5.69 Å². The molecule has 1 fully saturated rings. The van der Waals surface area contributed by atoms with Gasteiger partial charge in [0.25, 0.3) is 0 Å². The molecule has 1 amide bonds. The number of anilines is 1. The number of amides is 1. The van der Waals surface area contributed by atoms with Crippen LogP contribution in [0.15, 0.2) is 18.2 Å². The van der Waals surface area contributed by atoms with Crippen LogP contribution in [-0.2, 0) is 4.79 Å². The highest BCUT2D eigenvalue weighted by Crippen LogP contribution is 2.35. The highest BCUT2D eigenvalue weighted by molar-refractivity contribution is 6.31. The minimum absolute atomic E-state index is 0.0775. The van der Waals surface area contributed by atoms with Crippen LogP contribution in [-0.4, -0.2) is 25.6 Å². The number of nitrogens with zero attached hydrogens (tertiary/aromatic N) is 1. The Labute approximate surface area is 112 Å². The van der Waals surface area contributed by atoms with Crippen LogP contribution in [0.1, 0.15) is 13.3 Å². The number of carbonyl (C=O) groups is 1. The highest BCUT2D eigenvalue weighted by atomic mass is 35.5. The number of hydrogen-bond acceptors (Lipinski definition) is 3. The Morgan fingerprint density at radius 1 is 1.56 bits per heavy atom. The first kappa shape index (κ1) is 13.2. The number of carbonyl (C=O) groups excluding carboxylic acids is 1. The quantitative estimate of drug-likeness (QED) is 0.909. The summed E-state index contributed by atoms with van der Waals surface area (Å²) in [5, 5.41) is 0.595. The Bertz CT molecular complexity index is 451. The summed E-state index contributed by atoms with van der Waals surface area (Å²) in [5.41, 5.74) is 6.37. The van der Waals surface area contributed by atoms with E-state index in [1.165, 1.54) is 0 Å². The lowest BCUT2D eigenvalue weighted by Crippen LogP contribution is -2.26. The van der Waals surface area contributed by atoms with Crippen LogP contribution >= 0.6 is 11.6 Å². The van der Waals surface area contributed by atoms with E-state index in [9.17, 15) is 4.79 Å². The molecule has 1 aromatic carbocycles. The van der Waals surface area contributed by atoms with Gasteiger partial charge in [-0.25, -0.2) is 0 Å². The molecule has 98 valence electrons. The van der Waals surface area contributed by atoms with Crippen molar-refractivity contribution < 1.29 is 9.53 Å². The van der Waals surface area contributed by atoms with Gasteiger partial charge in [0.05, 0.1) is 12.3 Å². The van der Waals surface area contributed by atoms with Crippen LogP contribution in [0.3, 0.4) is 0 Å². The van der Waals surface area contributed by atoms with E-state index in [1.54, 1.807) is 23.1 Å². The summed E-state index contributed by atoms with van der Waals surface area (Å²) < 4.78 is 5.54. The van der Waals surface area contributed by atoms with Gasteiger partial charge in [-0.3, -0.25) is 4.79 Å². The summed E-state index contributed by atoms with van der Waals surface area (Å²) in [7, 11) is 0. The van der Waals surface area contributed by atoms with Crippen LogP contribution < -0.4 is 15.4 Å². The molecule has 1 aliphatic rings. The van der Waals surface area contributed by atoms with Gasteiger partial charge in [0.2, 0.25) is 5.91 Å². The van der Waals surface area contributed by atoms with Crippen LogP contribution in [0.2, 0.25) is 5.02 Å². The van der Waals surface area contributed by atoms with Crippen LogP contribution in [0.4, 0.5) is 5.69 Å². The smallest absolute Gasteiger partial charge is 0.227 e. The highest BCUT2D eigenvalue weighted by Gasteiger charge is 2.31. The number of nitrogens with two attached hydrogens (primary N) is 1. The fraction of sp³-hybridized carbons (Fsp3) is 0.462. The van der Waals surface area contributed by atoms with Crippen molar-refractivity contribution in [1.82, 2.24) is 0 Å². The molecule has 1 heterocycles. The molecule has 0 aromatic heterocycles. The number of halogens is 1. The molecular weight excluding hydrogens is 252 g/mol. The molecule has 0 saturated carbocycles. The van der Waals surface area contributed by atoms with Gasteiger partial charge in [0.1, 0.15) is 5.75 Å². The second-order valence-electron chi connectivity index (χ2n) is 4.36. The number of ether oxygens (including phenoxy) is 1. The van der Waals surface area contributed by atoms with Gasteiger partial charge in [-0.2, -0.15) is 0 Å². The Morgan fingerprint density at radius 2 is 2.33 bits per heavy atom. The van der Waals surface area contributed by atoms with Crippen molar-refractivity contribution in [3.63, 3.8) is 0 Å². The summed E-state index contributed by atoms with van der Waals surface area (Å²) in [4.78, 5) is 13.7. The lowest BCUT2D eigenvalue weighted by Gasteiger charge is -2.20. The molecule has 0 spiro atoms. The van der Waals surface area contributed by atoms with E-state index >= 15 is 0 Å². The second-order valence-corrected chi connectivity index (χ2v) is 4.79. The number of rotatable bonds is 4. The number of benzene rings is 1. The summed E-state index contributed by atoms with van der Waals surface area (Å²) >= 11 is 6.00. The Morgan fingerprint density at radius 3 is 2.94 bits per heavy atom. The first-order chi connectivity index (χ1) is 8.65. The summed E-state index contributed by atoms with van der Waals surface area (Å²) in [6.45, 7) is 3.62. The van der Waals surface area contributed by atoms with Crippen molar-refractivity contribution in [3.8, 4) is 5.75 Å². The molecule has 2 rings (SSSR count). The van der Waals surface area contributed by atoms with Gasteiger partial charge in [0.15, 0.2) is 0 Å².